The molecule has 1 saturated carbocycles. The van der Waals surface area contributed by atoms with Gasteiger partial charge in [0.15, 0.2) is 5.82 Å². The first-order chi connectivity index (χ1) is 23.3. The summed E-state index contributed by atoms with van der Waals surface area (Å²) in [5, 5.41) is 15.9. The van der Waals surface area contributed by atoms with Crippen LogP contribution in [0.4, 0.5) is 14.6 Å². The highest BCUT2D eigenvalue weighted by molar-refractivity contribution is 6.03. The van der Waals surface area contributed by atoms with Crippen LogP contribution in [-0.4, -0.2) is 89.6 Å². The number of pyridine rings is 1. The van der Waals surface area contributed by atoms with Crippen molar-refractivity contribution in [2.75, 3.05) is 57.4 Å². The molecule has 3 saturated heterocycles. The van der Waals surface area contributed by atoms with Gasteiger partial charge in [-0.1, -0.05) is 18.9 Å². The van der Waals surface area contributed by atoms with E-state index in [0.717, 1.165) is 58.5 Å². The van der Waals surface area contributed by atoms with E-state index in [1.807, 2.05) is 6.92 Å². The number of aromatic nitrogens is 3. The number of ether oxygens (including phenoxy) is 2. The van der Waals surface area contributed by atoms with Gasteiger partial charge in [0, 0.05) is 55.8 Å². The number of anilines is 1. The molecule has 48 heavy (non-hydrogen) atoms. The van der Waals surface area contributed by atoms with Gasteiger partial charge in [-0.05, 0) is 79.5 Å². The molecule has 9 nitrogen and oxygen atoms in total. The van der Waals surface area contributed by atoms with Gasteiger partial charge in [-0.2, -0.15) is 9.97 Å². The van der Waals surface area contributed by atoms with E-state index in [1.54, 1.807) is 19.1 Å². The molecule has 11 heteroatoms. The van der Waals surface area contributed by atoms with E-state index in [-0.39, 0.29) is 33.9 Å². The third-order valence-corrected chi connectivity index (χ3v) is 10.4. The lowest BCUT2D eigenvalue weighted by molar-refractivity contribution is 0.0231. The van der Waals surface area contributed by atoms with E-state index >= 15 is 8.78 Å². The van der Waals surface area contributed by atoms with Crippen molar-refractivity contribution in [2.24, 2.45) is 5.41 Å². The molecule has 8 rings (SSSR count). The highest BCUT2D eigenvalue weighted by Crippen LogP contribution is 2.47. The fourth-order valence-corrected chi connectivity index (χ4v) is 7.79. The van der Waals surface area contributed by atoms with Crippen LogP contribution in [0.15, 0.2) is 24.3 Å². The molecule has 0 unspecified atom stereocenters. The molecule has 0 radical (unpaired) electrons. The first-order valence-electron chi connectivity index (χ1n) is 17.1. The SMILES string of the molecule is CC#Cc1nc(-c2cc(O)cc3ccc(F)c(CC)c23)c(F)c2nc(OCC3(CN4CCOCC4)CC3)nc(N3C[C@H]4CC[C@@H](C3)N4)c12. The van der Waals surface area contributed by atoms with Crippen LogP contribution in [0.1, 0.15) is 50.8 Å². The number of nitrogens with zero attached hydrogens (tertiary/aromatic N) is 5. The molecule has 4 fully saturated rings. The Morgan fingerprint density at radius 3 is 2.54 bits per heavy atom. The Bertz CT molecular complexity index is 1950. The quantitative estimate of drug-likeness (QED) is 0.249. The fourth-order valence-electron chi connectivity index (χ4n) is 7.79. The minimum atomic E-state index is -0.689. The highest BCUT2D eigenvalue weighted by atomic mass is 19.1. The van der Waals surface area contributed by atoms with E-state index in [0.29, 0.717) is 71.4 Å². The second-order valence-corrected chi connectivity index (χ2v) is 13.7. The lowest BCUT2D eigenvalue weighted by Crippen LogP contribution is -2.51. The molecule has 250 valence electrons. The molecule has 4 aliphatic rings. The molecule has 0 spiro atoms. The Hall–Kier alpha value is -4.11. The highest BCUT2D eigenvalue weighted by Gasteiger charge is 2.45. The summed E-state index contributed by atoms with van der Waals surface area (Å²) >= 11 is 0. The first kappa shape index (κ1) is 31.2. The average Bonchev–Trinajstić information content (AvgIpc) is 3.78. The first-order valence-corrected chi connectivity index (χ1v) is 17.1. The maximum Gasteiger partial charge on any atom is 0.319 e. The average molecular weight is 655 g/mol. The number of benzene rings is 2. The van der Waals surface area contributed by atoms with E-state index in [2.05, 4.69) is 27.0 Å². The second kappa shape index (κ2) is 12.4. The Labute approximate surface area is 278 Å². The monoisotopic (exact) mass is 654 g/mol. The number of hydrogen-bond donors (Lipinski definition) is 2. The van der Waals surface area contributed by atoms with Crippen LogP contribution in [0, 0.1) is 28.9 Å². The maximum absolute atomic E-state index is 17.2. The number of aryl methyl sites for hydroxylation is 1. The topological polar surface area (TPSA) is 95.9 Å². The van der Waals surface area contributed by atoms with Crippen molar-refractivity contribution in [3.63, 3.8) is 0 Å². The molecular formula is C37H40F2N6O3. The maximum atomic E-state index is 17.2. The van der Waals surface area contributed by atoms with E-state index in [1.165, 1.54) is 12.1 Å². The summed E-state index contributed by atoms with van der Waals surface area (Å²) in [6, 6.07) is 6.69. The Balaban J connectivity index is 1.29. The van der Waals surface area contributed by atoms with Crippen LogP contribution >= 0.6 is 0 Å². The standard InChI is InChI=1S/C37H40F2N6O3/c1-3-5-29-31-34(32(39)33(41-29)27-17-25(46)16-22-6-9-28(38)26(4-2)30(22)27)42-36(43-35(31)45-18-23-7-8-24(19-45)40-23)48-21-37(10-11-37)20-44-12-14-47-15-13-44/h6,9,16-17,23-24,40,46H,4,7-8,10-15,18-21H2,1-2H3/t23-,24+. The summed E-state index contributed by atoms with van der Waals surface area (Å²) in [5.74, 6) is 5.44. The summed E-state index contributed by atoms with van der Waals surface area (Å²) < 4.78 is 44.2. The lowest BCUT2D eigenvalue weighted by atomic mass is 9.94. The summed E-state index contributed by atoms with van der Waals surface area (Å²) in [5.41, 5.74) is 1.03. The van der Waals surface area contributed by atoms with Crippen molar-refractivity contribution in [2.45, 2.75) is 58.0 Å². The number of halogens is 2. The zero-order valence-electron chi connectivity index (χ0n) is 27.4. The minimum absolute atomic E-state index is 0.00583. The van der Waals surface area contributed by atoms with Gasteiger partial charge in [0.05, 0.1) is 25.2 Å². The molecule has 0 amide bonds. The van der Waals surface area contributed by atoms with Crippen LogP contribution in [0.5, 0.6) is 11.8 Å². The van der Waals surface area contributed by atoms with E-state index in [4.69, 9.17) is 24.4 Å². The number of morpholine rings is 1. The number of aromatic hydroxyl groups is 1. The zero-order chi connectivity index (χ0) is 33.0. The second-order valence-electron chi connectivity index (χ2n) is 13.7. The van der Waals surface area contributed by atoms with Crippen molar-refractivity contribution in [1.29, 1.82) is 0 Å². The van der Waals surface area contributed by atoms with Gasteiger partial charge in [0.1, 0.15) is 34.3 Å². The predicted octanol–water partition coefficient (Wildman–Crippen LogP) is 5.19. The van der Waals surface area contributed by atoms with Gasteiger partial charge < -0.3 is 24.8 Å². The number of nitrogens with one attached hydrogen (secondary N) is 1. The molecule has 2 atom stereocenters. The van der Waals surface area contributed by atoms with Crippen molar-refractivity contribution in [3.05, 3.63) is 47.2 Å². The number of phenols is 1. The van der Waals surface area contributed by atoms with Gasteiger partial charge in [-0.25, -0.2) is 13.8 Å². The number of phenolic OH excluding ortho intramolecular Hbond substituents is 1. The third kappa shape index (κ3) is 5.70. The summed E-state index contributed by atoms with van der Waals surface area (Å²) in [7, 11) is 0. The van der Waals surface area contributed by atoms with Crippen molar-refractivity contribution in [1.82, 2.24) is 25.2 Å². The van der Waals surface area contributed by atoms with Crippen LogP contribution < -0.4 is 15.0 Å². The van der Waals surface area contributed by atoms with Crippen LogP contribution in [0.3, 0.4) is 0 Å². The Morgan fingerprint density at radius 2 is 1.83 bits per heavy atom. The van der Waals surface area contributed by atoms with Crippen LogP contribution in [0.25, 0.3) is 32.9 Å². The molecule has 4 aromatic rings. The lowest BCUT2D eigenvalue weighted by Gasteiger charge is -2.34. The molecule has 2 N–H and O–H groups in total. The number of piperazine rings is 1. The summed E-state index contributed by atoms with van der Waals surface area (Å²) in [6.45, 7) is 9.60. The number of rotatable bonds is 8. The number of fused-ring (bicyclic) bond motifs is 4. The molecule has 2 aromatic heterocycles. The van der Waals surface area contributed by atoms with Gasteiger partial charge in [-0.3, -0.25) is 4.90 Å². The molecule has 5 heterocycles. The summed E-state index contributed by atoms with van der Waals surface area (Å²) in [6.07, 6.45) is 4.60. The molecular weight excluding hydrogens is 614 g/mol. The molecule has 1 aliphatic carbocycles. The Morgan fingerprint density at radius 1 is 1.06 bits per heavy atom. The van der Waals surface area contributed by atoms with Gasteiger partial charge in [0.25, 0.3) is 0 Å². The molecule has 3 aliphatic heterocycles. The van der Waals surface area contributed by atoms with Crippen molar-refractivity contribution >= 4 is 27.5 Å². The van der Waals surface area contributed by atoms with Crippen LogP contribution in [-0.2, 0) is 11.2 Å². The number of hydrogen-bond acceptors (Lipinski definition) is 9. The van der Waals surface area contributed by atoms with Gasteiger partial charge in [0.2, 0.25) is 0 Å². The zero-order valence-corrected chi connectivity index (χ0v) is 27.4. The van der Waals surface area contributed by atoms with Gasteiger partial charge in [-0.15, -0.1) is 0 Å². The predicted molar refractivity (Wildman–Crippen MR) is 180 cm³/mol. The molecule has 2 bridgehead atoms. The van der Waals surface area contributed by atoms with Gasteiger partial charge >= 0.3 is 6.01 Å². The minimum Gasteiger partial charge on any atom is -0.508 e. The Kier molecular flexibility index (Phi) is 8.06. The smallest absolute Gasteiger partial charge is 0.319 e. The van der Waals surface area contributed by atoms with Crippen LogP contribution in [0.2, 0.25) is 0 Å². The largest absolute Gasteiger partial charge is 0.508 e. The normalized spacial score (nSPS) is 21.8. The van der Waals surface area contributed by atoms with Crippen molar-refractivity contribution in [3.8, 4) is 34.9 Å². The third-order valence-electron chi connectivity index (χ3n) is 10.4. The summed E-state index contributed by atoms with van der Waals surface area (Å²) in [4.78, 5) is 19.1. The van der Waals surface area contributed by atoms with E-state index in [9.17, 15) is 5.11 Å². The van der Waals surface area contributed by atoms with E-state index < -0.39 is 11.6 Å². The molecule has 2 aromatic carbocycles. The van der Waals surface area contributed by atoms with Crippen molar-refractivity contribution < 1.29 is 23.4 Å². The fraction of sp³-hybridized carbons (Fsp3) is 0.486.